The van der Waals surface area contributed by atoms with Gasteiger partial charge in [0.25, 0.3) is 0 Å². The molecule has 1 heterocycles. The molecule has 4 heteroatoms. The Hall–Kier alpha value is -1.16. The molecule has 2 fully saturated rings. The van der Waals surface area contributed by atoms with Gasteiger partial charge in [0.1, 0.15) is 11.6 Å². The number of aliphatic hydroxyl groups excluding tert-OH is 1. The van der Waals surface area contributed by atoms with Crippen LogP contribution in [0.1, 0.15) is 62.4 Å². The fourth-order valence-corrected chi connectivity index (χ4v) is 3.10. The smallest absolute Gasteiger partial charge is 0.134 e. The number of nitrogens with zero attached hydrogens (tertiary/aromatic N) is 2. The molecule has 110 valence electrons. The van der Waals surface area contributed by atoms with E-state index >= 15 is 0 Å². The minimum absolute atomic E-state index is 0.255. The molecule has 20 heavy (non-hydrogen) atoms. The Balaban J connectivity index is 1.57. The second kappa shape index (κ2) is 6.08. The van der Waals surface area contributed by atoms with Gasteiger partial charge in [-0.2, -0.15) is 0 Å². The predicted octanol–water partition coefficient (Wildman–Crippen LogP) is 3.02. The maximum Gasteiger partial charge on any atom is 0.134 e. The topological polar surface area (TPSA) is 58.0 Å². The number of hydrogen-bond donors (Lipinski definition) is 2. The van der Waals surface area contributed by atoms with Crippen LogP contribution in [0.15, 0.2) is 6.07 Å². The molecule has 1 aromatic rings. The van der Waals surface area contributed by atoms with Crippen molar-refractivity contribution >= 4 is 5.82 Å². The van der Waals surface area contributed by atoms with Crippen LogP contribution in [-0.2, 0) is 0 Å². The summed E-state index contributed by atoms with van der Waals surface area (Å²) >= 11 is 0. The third kappa shape index (κ3) is 3.48. The van der Waals surface area contributed by atoms with Gasteiger partial charge in [-0.25, -0.2) is 9.97 Å². The minimum atomic E-state index is -0.255. The van der Waals surface area contributed by atoms with E-state index in [1.165, 1.54) is 44.9 Å². The zero-order chi connectivity index (χ0) is 13.9. The Morgan fingerprint density at radius 1 is 1.20 bits per heavy atom. The van der Waals surface area contributed by atoms with Crippen LogP contribution in [0.5, 0.6) is 0 Å². The maximum atomic E-state index is 10.3. The van der Waals surface area contributed by atoms with E-state index in [2.05, 4.69) is 15.3 Å². The molecule has 3 rings (SSSR count). The summed E-state index contributed by atoms with van der Waals surface area (Å²) < 4.78 is 0. The summed E-state index contributed by atoms with van der Waals surface area (Å²) in [6.07, 6.45) is 8.36. The van der Waals surface area contributed by atoms with E-state index in [9.17, 15) is 5.11 Å². The Morgan fingerprint density at radius 3 is 2.65 bits per heavy atom. The van der Waals surface area contributed by atoms with Crippen molar-refractivity contribution < 1.29 is 5.11 Å². The molecule has 0 aromatic carbocycles. The van der Waals surface area contributed by atoms with E-state index in [1.54, 1.807) is 0 Å². The molecule has 0 radical (unpaired) electrons. The molecular weight excluding hydrogens is 250 g/mol. The molecule has 2 N–H and O–H groups in total. The van der Waals surface area contributed by atoms with Crippen molar-refractivity contribution in [3.63, 3.8) is 0 Å². The van der Waals surface area contributed by atoms with Crippen molar-refractivity contribution in [3.05, 3.63) is 17.6 Å². The van der Waals surface area contributed by atoms with Gasteiger partial charge in [-0.3, -0.25) is 0 Å². The van der Waals surface area contributed by atoms with Crippen molar-refractivity contribution in [2.45, 2.75) is 63.9 Å². The van der Waals surface area contributed by atoms with E-state index < -0.39 is 0 Å². The molecule has 1 atom stereocenters. The third-order valence-corrected chi connectivity index (χ3v) is 4.50. The van der Waals surface area contributed by atoms with Gasteiger partial charge >= 0.3 is 0 Å². The molecule has 4 nitrogen and oxygen atoms in total. The summed E-state index contributed by atoms with van der Waals surface area (Å²) in [6.45, 7) is 2.61. The van der Waals surface area contributed by atoms with Crippen LogP contribution in [0, 0.1) is 12.8 Å². The Morgan fingerprint density at radius 2 is 1.95 bits per heavy atom. The SMILES string of the molecule is Cc1cc(NCC(O)C2CCCCC2)nc(C2CC2)n1. The molecule has 2 aliphatic carbocycles. The standard InChI is InChI=1S/C16H25N3O/c1-11-9-15(19-16(18-11)13-7-8-13)17-10-14(20)12-5-3-2-4-6-12/h9,12-14,20H,2-8,10H2,1H3,(H,17,18,19). The highest BCUT2D eigenvalue weighted by atomic mass is 16.3. The lowest BCUT2D eigenvalue weighted by Crippen LogP contribution is -2.30. The molecule has 0 saturated heterocycles. The molecule has 0 amide bonds. The number of aromatic nitrogens is 2. The maximum absolute atomic E-state index is 10.3. The Labute approximate surface area is 121 Å². The summed E-state index contributed by atoms with van der Waals surface area (Å²) in [5.41, 5.74) is 1.01. The zero-order valence-electron chi connectivity index (χ0n) is 12.3. The van der Waals surface area contributed by atoms with Crippen molar-refractivity contribution in [1.82, 2.24) is 9.97 Å². The van der Waals surface area contributed by atoms with Gasteiger partial charge in [-0.15, -0.1) is 0 Å². The highest BCUT2D eigenvalue weighted by Crippen LogP contribution is 2.38. The number of aryl methyl sites for hydroxylation is 1. The number of aliphatic hydroxyl groups is 1. The number of anilines is 1. The van der Waals surface area contributed by atoms with Gasteiger partial charge in [0.15, 0.2) is 0 Å². The van der Waals surface area contributed by atoms with Crippen molar-refractivity contribution in [2.24, 2.45) is 5.92 Å². The lowest BCUT2D eigenvalue weighted by Gasteiger charge is -2.26. The van der Waals surface area contributed by atoms with Crippen molar-refractivity contribution in [3.8, 4) is 0 Å². The van der Waals surface area contributed by atoms with Gasteiger partial charge in [0.05, 0.1) is 6.10 Å². The van der Waals surface area contributed by atoms with Crippen LogP contribution in [-0.4, -0.2) is 27.7 Å². The summed E-state index contributed by atoms with van der Waals surface area (Å²) in [5.74, 6) is 2.87. The molecule has 0 aliphatic heterocycles. The second-order valence-corrected chi connectivity index (χ2v) is 6.37. The van der Waals surface area contributed by atoms with Crippen LogP contribution in [0.25, 0.3) is 0 Å². The molecule has 1 aromatic heterocycles. The van der Waals surface area contributed by atoms with Crippen molar-refractivity contribution in [2.75, 3.05) is 11.9 Å². The summed E-state index contributed by atoms with van der Waals surface area (Å²) in [5, 5.41) is 13.6. The first-order valence-electron chi connectivity index (χ1n) is 8.00. The normalized spacial score (nSPS) is 21.7. The summed E-state index contributed by atoms with van der Waals surface area (Å²) in [6, 6.07) is 1.97. The Kier molecular flexibility index (Phi) is 4.20. The van der Waals surface area contributed by atoms with E-state index in [0.717, 1.165) is 17.3 Å². The van der Waals surface area contributed by atoms with Crippen LogP contribution in [0.2, 0.25) is 0 Å². The number of rotatable bonds is 5. The zero-order valence-corrected chi connectivity index (χ0v) is 12.3. The fourth-order valence-electron chi connectivity index (χ4n) is 3.10. The minimum Gasteiger partial charge on any atom is -0.391 e. The molecule has 2 saturated carbocycles. The summed E-state index contributed by atoms with van der Waals surface area (Å²) in [4.78, 5) is 9.08. The second-order valence-electron chi connectivity index (χ2n) is 6.37. The lowest BCUT2D eigenvalue weighted by molar-refractivity contribution is 0.0955. The summed E-state index contributed by atoms with van der Waals surface area (Å²) in [7, 11) is 0. The Bertz CT molecular complexity index is 453. The molecule has 0 bridgehead atoms. The van der Waals surface area contributed by atoms with Gasteiger partial charge in [0.2, 0.25) is 0 Å². The molecule has 2 aliphatic rings. The van der Waals surface area contributed by atoms with Gasteiger partial charge in [-0.1, -0.05) is 19.3 Å². The lowest BCUT2D eigenvalue weighted by atomic mass is 9.85. The van der Waals surface area contributed by atoms with E-state index in [1.807, 2.05) is 13.0 Å². The molecular formula is C16H25N3O. The van der Waals surface area contributed by atoms with Gasteiger partial charge in [-0.05, 0) is 38.5 Å². The van der Waals surface area contributed by atoms with E-state index in [0.29, 0.717) is 18.4 Å². The van der Waals surface area contributed by atoms with Gasteiger partial charge in [0, 0.05) is 24.2 Å². The van der Waals surface area contributed by atoms with Crippen molar-refractivity contribution in [1.29, 1.82) is 0 Å². The first-order chi connectivity index (χ1) is 9.72. The molecule has 0 spiro atoms. The first kappa shape index (κ1) is 13.8. The van der Waals surface area contributed by atoms with Crippen LogP contribution >= 0.6 is 0 Å². The molecule has 1 unspecified atom stereocenters. The average molecular weight is 275 g/mol. The average Bonchev–Trinajstić information content (AvgIpc) is 3.30. The first-order valence-corrected chi connectivity index (χ1v) is 8.00. The van der Waals surface area contributed by atoms with Crippen LogP contribution < -0.4 is 5.32 Å². The van der Waals surface area contributed by atoms with Crippen LogP contribution in [0.4, 0.5) is 5.82 Å². The van der Waals surface area contributed by atoms with E-state index in [-0.39, 0.29) is 6.10 Å². The third-order valence-electron chi connectivity index (χ3n) is 4.50. The van der Waals surface area contributed by atoms with E-state index in [4.69, 9.17) is 0 Å². The highest BCUT2D eigenvalue weighted by molar-refractivity contribution is 5.36. The fraction of sp³-hybridized carbons (Fsp3) is 0.750. The van der Waals surface area contributed by atoms with Gasteiger partial charge < -0.3 is 10.4 Å². The van der Waals surface area contributed by atoms with Crippen LogP contribution in [0.3, 0.4) is 0 Å². The largest absolute Gasteiger partial charge is 0.391 e. The number of nitrogens with one attached hydrogen (secondary N) is 1. The quantitative estimate of drug-likeness (QED) is 0.867. The highest BCUT2D eigenvalue weighted by Gasteiger charge is 2.27. The monoisotopic (exact) mass is 275 g/mol. The number of hydrogen-bond acceptors (Lipinski definition) is 4. The predicted molar refractivity (Wildman–Crippen MR) is 79.8 cm³/mol.